The van der Waals surface area contributed by atoms with Crippen molar-refractivity contribution in [2.24, 2.45) is 5.73 Å². The molecule has 17 heavy (non-hydrogen) atoms. The minimum atomic E-state index is -0.219. The quantitative estimate of drug-likeness (QED) is 0.871. The monoisotopic (exact) mass is 253 g/mol. The van der Waals surface area contributed by atoms with Gasteiger partial charge in [0.1, 0.15) is 5.75 Å². The standard InChI is InChI=1S/C14H20ClNO/c1-10-12(15)8-11(9-13(10)17-2)14(16)6-4-3-5-7-14/h8-9H,3-7,16H2,1-2H3. The van der Waals surface area contributed by atoms with Crippen LogP contribution < -0.4 is 10.5 Å². The summed E-state index contributed by atoms with van der Waals surface area (Å²) in [6, 6.07) is 4.05. The molecule has 1 aromatic rings. The second-order valence-corrected chi connectivity index (χ2v) is 5.41. The highest BCUT2D eigenvalue weighted by molar-refractivity contribution is 6.31. The maximum atomic E-state index is 6.51. The molecule has 2 N–H and O–H groups in total. The number of halogens is 1. The Morgan fingerprint density at radius 1 is 1.24 bits per heavy atom. The maximum Gasteiger partial charge on any atom is 0.123 e. The number of rotatable bonds is 2. The molecular formula is C14H20ClNO. The maximum absolute atomic E-state index is 6.51. The first-order chi connectivity index (χ1) is 8.07. The van der Waals surface area contributed by atoms with Gasteiger partial charge >= 0.3 is 0 Å². The Hall–Kier alpha value is -0.730. The first-order valence-corrected chi connectivity index (χ1v) is 6.58. The Labute approximate surface area is 108 Å². The van der Waals surface area contributed by atoms with Gasteiger partial charge in [0.15, 0.2) is 0 Å². The molecule has 3 heteroatoms. The average Bonchev–Trinajstić information content (AvgIpc) is 2.33. The molecule has 1 aliphatic carbocycles. The van der Waals surface area contributed by atoms with Crippen LogP contribution in [0.5, 0.6) is 5.75 Å². The van der Waals surface area contributed by atoms with Crippen LogP contribution in [0.2, 0.25) is 5.02 Å². The normalized spacial score (nSPS) is 19.1. The van der Waals surface area contributed by atoms with Gasteiger partial charge in [-0.25, -0.2) is 0 Å². The predicted octanol–water partition coefficient (Wildman–Crippen LogP) is 3.78. The van der Waals surface area contributed by atoms with Crippen molar-refractivity contribution >= 4 is 11.6 Å². The van der Waals surface area contributed by atoms with E-state index in [4.69, 9.17) is 22.1 Å². The van der Waals surface area contributed by atoms with Crippen molar-refractivity contribution in [2.45, 2.75) is 44.6 Å². The molecular weight excluding hydrogens is 234 g/mol. The Balaban J connectivity index is 2.41. The summed E-state index contributed by atoms with van der Waals surface area (Å²) in [6.07, 6.45) is 5.76. The number of hydrogen-bond acceptors (Lipinski definition) is 2. The van der Waals surface area contributed by atoms with Crippen molar-refractivity contribution < 1.29 is 4.74 Å². The highest BCUT2D eigenvalue weighted by Crippen LogP contribution is 2.38. The lowest BCUT2D eigenvalue weighted by atomic mass is 9.77. The molecule has 0 aromatic heterocycles. The van der Waals surface area contributed by atoms with Crippen LogP contribution in [0.3, 0.4) is 0 Å². The topological polar surface area (TPSA) is 35.2 Å². The SMILES string of the molecule is COc1cc(C2(N)CCCCC2)cc(Cl)c1C. The number of hydrogen-bond donors (Lipinski definition) is 1. The van der Waals surface area contributed by atoms with Gasteiger partial charge in [0, 0.05) is 16.1 Å². The predicted molar refractivity (Wildman–Crippen MR) is 71.7 cm³/mol. The molecule has 1 aromatic carbocycles. The summed E-state index contributed by atoms with van der Waals surface area (Å²) in [5.41, 5.74) is 8.39. The van der Waals surface area contributed by atoms with E-state index < -0.39 is 0 Å². The van der Waals surface area contributed by atoms with Gasteiger partial charge in [-0.3, -0.25) is 0 Å². The number of ether oxygens (including phenoxy) is 1. The summed E-state index contributed by atoms with van der Waals surface area (Å²) in [5, 5.41) is 0.745. The molecule has 0 saturated heterocycles. The van der Waals surface area contributed by atoms with E-state index in [0.717, 1.165) is 34.7 Å². The number of methoxy groups -OCH3 is 1. The molecule has 1 aliphatic rings. The summed E-state index contributed by atoms with van der Waals surface area (Å²) in [6.45, 7) is 1.97. The van der Waals surface area contributed by atoms with Crippen LogP contribution in [-0.4, -0.2) is 7.11 Å². The molecule has 1 fully saturated rings. The van der Waals surface area contributed by atoms with E-state index in [2.05, 4.69) is 0 Å². The van der Waals surface area contributed by atoms with Crippen LogP contribution in [0.15, 0.2) is 12.1 Å². The highest BCUT2D eigenvalue weighted by atomic mass is 35.5. The van der Waals surface area contributed by atoms with E-state index >= 15 is 0 Å². The number of nitrogens with two attached hydrogens (primary N) is 1. The summed E-state index contributed by atoms with van der Waals surface area (Å²) in [7, 11) is 1.67. The lowest BCUT2D eigenvalue weighted by Crippen LogP contribution is -2.38. The van der Waals surface area contributed by atoms with E-state index in [1.807, 2.05) is 19.1 Å². The van der Waals surface area contributed by atoms with Gasteiger partial charge in [-0.1, -0.05) is 30.9 Å². The van der Waals surface area contributed by atoms with E-state index in [1.54, 1.807) is 7.11 Å². The summed E-state index contributed by atoms with van der Waals surface area (Å²) in [5.74, 6) is 0.836. The van der Waals surface area contributed by atoms with Crippen molar-refractivity contribution in [2.75, 3.05) is 7.11 Å². The molecule has 0 aliphatic heterocycles. The Kier molecular flexibility index (Phi) is 3.64. The van der Waals surface area contributed by atoms with Crippen molar-refractivity contribution in [1.82, 2.24) is 0 Å². The first-order valence-electron chi connectivity index (χ1n) is 6.20. The van der Waals surface area contributed by atoms with Gasteiger partial charge in [0.25, 0.3) is 0 Å². The zero-order valence-electron chi connectivity index (χ0n) is 10.6. The fourth-order valence-corrected chi connectivity index (χ4v) is 2.84. The third-order valence-corrected chi connectivity index (χ3v) is 4.23. The Bertz CT molecular complexity index is 411. The Morgan fingerprint density at radius 3 is 2.47 bits per heavy atom. The first kappa shape index (κ1) is 12.7. The smallest absolute Gasteiger partial charge is 0.123 e. The molecule has 0 heterocycles. The molecule has 0 amide bonds. The molecule has 0 radical (unpaired) electrons. The highest BCUT2D eigenvalue weighted by Gasteiger charge is 2.30. The fraction of sp³-hybridized carbons (Fsp3) is 0.571. The van der Waals surface area contributed by atoms with E-state index in [-0.39, 0.29) is 5.54 Å². The van der Waals surface area contributed by atoms with Gasteiger partial charge < -0.3 is 10.5 Å². The third-order valence-electron chi connectivity index (χ3n) is 3.84. The van der Waals surface area contributed by atoms with Crippen molar-refractivity contribution in [1.29, 1.82) is 0 Å². The lowest BCUT2D eigenvalue weighted by Gasteiger charge is -2.34. The van der Waals surface area contributed by atoms with Crippen LogP contribution in [-0.2, 0) is 5.54 Å². The summed E-state index contributed by atoms with van der Waals surface area (Å²) >= 11 is 6.24. The van der Waals surface area contributed by atoms with Gasteiger partial charge in [-0.2, -0.15) is 0 Å². The lowest BCUT2D eigenvalue weighted by molar-refractivity contribution is 0.301. The van der Waals surface area contributed by atoms with Crippen molar-refractivity contribution in [3.8, 4) is 5.75 Å². The largest absolute Gasteiger partial charge is 0.496 e. The zero-order chi connectivity index (χ0) is 12.5. The van der Waals surface area contributed by atoms with E-state index in [1.165, 1.54) is 19.3 Å². The Morgan fingerprint density at radius 2 is 1.88 bits per heavy atom. The molecule has 94 valence electrons. The molecule has 0 atom stereocenters. The number of benzene rings is 1. The summed E-state index contributed by atoms with van der Waals surface area (Å²) in [4.78, 5) is 0. The zero-order valence-corrected chi connectivity index (χ0v) is 11.3. The van der Waals surface area contributed by atoms with Gasteiger partial charge in [-0.15, -0.1) is 0 Å². The van der Waals surface area contributed by atoms with Crippen LogP contribution in [0.4, 0.5) is 0 Å². The fourth-order valence-electron chi connectivity index (χ4n) is 2.62. The molecule has 0 unspecified atom stereocenters. The molecule has 0 bridgehead atoms. The second kappa shape index (κ2) is 4.87. The van der Waals surface area contributed by atoms with Gasteiger partial charge in [0.2, 0.25) is 0 Å². The second-order valence-electron chi connectivity index (χ2n) is 5.00. The van der Waals surface area contributed by atoms with Crippen LogP contribution in [0.1, 0.15) is 43.2 Å². The van der Waals surface area contributed by atoms with Gasteiger partial charge in [-0.05, 0) is 37.5 Å². The van der Waals surface area contributed by atoms with Crippen LogP contribution in [0.25, 0.3) is 0 Å². The van der Waals surface area contributed by atoms with E-state index in [0.29, 0.717) is 0 Å². The van der Waals surface area contributed by atoms with Crippen molar-refractivity contribution in [3.05, 3.63) is 28.3 Å². The van der Waals surface area contributed by atoms with E-state index in [9.17, 15) is 0 Å². The summed E-state index contributed by atoms with van der Waals surface area (Å²) < 4.78 is 5.36. The molecule has 2 rings (SSSR count). The molecule has 1 saturated carbocycles. The molecule has 2 nitrogen and oxygen atoms in total. The average molecular weight is 254 g/mol. The van der Waals surface area contributed by atoms with Crippen LogP contribution in [0, 0.1) is 6.92 Å². The van der Waals surface area contributed by atoms with Crippen LogP contribution >= 0.6 is 11.6 Å². The minimum Gasteiger partial charge on any atom is -0.496 e. The third kappa shape index (κ3) is 2.43. The molecule has 0 spiro atoms. The van der Waals surface area contributed by atoms with Crippen molar-refractivity contribution in [3.63, 3.8) is 0 Å². The minimum absolute atomic E-state index is 0.219. The van der Waals surface area contributed by atoms with Gasteiger partial charge in [0.05, 0.1) is 7.11 Å².